The molecule has 1 aliphatic carbocycles. The number of hydrogen-bond acceptors (Lipinski definition) is 5. The smallest absolute Gasteiger partial charge is 0.308 e. The highest BCUT2D eigenvalue weighted by Gasteiger charge is 2.46. The lowest BCUT2D eigenvalue weighted by Crippen LogP contribution is -2.57. The van der Waals surface area contributed by atoms with Crippen molar-refractivity contribution in [2.24, 2.45) is 23.2 Å². The van der Waals surface area contributed by atoms with Gasteiger partial charge in [0.05, 0.1) is 12.5 Å². The van der Waals surface area contributed by atoms with Gasteiger partial charge in [-0.25, -0.2) is 0 Å². The van der Waals surface area contributed by atoms with E-state index >= 15 is 0 Å². The maximum Gasteiger partial charge on any atom is 0.308 e. The summed E-state index contributed by atoms with van der Waals surface area (Å²) < 4.78 is 11.6. The van der Waals surface area contributed by atoms with Crippen molar-refractivity contribution in [3.63, 3.8) is 0 Å². The van der Waals surface area contributed by atoms with E-state index in [-0.39, 0.29) is 36.2 Å². The van der Waals surface area contributed by atoms with E-state index in [1.807, 2.05) is 32.0 Å². The number of nitrogens with one attached hydrogen (secondary N) is 2. The Morgan fingerprint density at radius 1 is 1.05 bits per heavy atom. The number of carbonyl (C=O) groups is 3. The predicted octanol–water partition coefficient (Wildman–Crippen LogP) is 5.49. The molecule has 0 spiro atoms. The summed E-state index contributed by atoms with van der Waals surface area (Å²) in [5.74, 6) is -3.02. The van der Waals surface area contributed by atoms with Crippen LogP contribution in [0.3, 0.4) is 0 Å². The van der Waals surface area contributed by atoms with Crippen molar-refractivity contribution in [2.45, 2.75) is 117 Å². The van der Waals surface area contributed by atoms with Gasteiger partial charge in [-0.2, -0.15) is 0 Å². The number of amides is 2. The van der Waals surface area contributed by atoms with Crippen LogP contribution in [0.2, 0.25) is 0 Å². The Hall–Kier alpha value is -2.45. The molecule has 2 fully saturated rings. The summed E-state index contributed by atoms with van der Waals surface area (Å²) in [4.78, 5) is 39.0. The Morgan fingerprint density at radius 2 is 1.78 bits per heavy atom. The van der Waals surface area contributed by atoms with E-state index in [0.717, 1.165) is 50.5 Å². The van der Waals surface area contributed by atoms with Crippen LogP contribution in [0.25, 0.3) is 0 Å². The minimum atomic E-state index is -0.923. The van der Waals surface area contributed by atoms with E-state index < -0.39 is 29.2 Å². The van der Waals surface area contributed by atoms with Crippen LogP contribution in [0.15, 0.2) is 30.3 Å². The number of aliphatic carboxylic acids is 1. The number of carboxylic acids is 1. The molecule has 0 bridgehead atoms. The quantitative estimate of drug-likeness (QED) is 0.254. The van der Waals surface area contributed by atoms with Gasteiger partial charge in [-0.3, -0.25) is 14.4 Å². The van der Waals surface area contributed by atoms with Crippen molar-refractivity contribution in [1.82, 2.24) is 10.6 Å². The normalized spacial score (nSPS) is 25.0. The first-order chi connectivity index (χ1) is 19.4. The highest BCUT2D eigenvalue weighted by molar-refractivity contribution is 5.82. The summed E-state index contributed by atoms with van der Waals surface area (Å²) in [6, 6.07) is 10.1. The van der Waals surface area contributed by atoms with Crippen molar-refractivity contribution in [3.8, 4) is 0 Å². The second-order valence-corrected chi connectivity index (χ2v) is 13.2. The number of carbonyl (C=O) groups excluding carboxylic acids is 2. The molecule has 230 valence electrons. The molecule has 2 amide bonds. The van der Waals surface area contributed by atoms with Crippen molar-refractivity contribution in [1.29, 1.82) is 0 Å². The van der Waals surface area contributed by atoms with Crippen LogP contribution in [-0.2, 0) is 30.3 Å². The van der Waals surface area contributed by atoms with Crippen LogP contribution < -0.4 is 10.6 Å². The molecule has 5 atom stereocenters. The SMILES string of the molecule is CCCCCCC(Cc1ccccc1)C(=O)NC1CCCC(C(CNC(=O)C2OC(C)(C)OCC2(C)C)C(=O)O)C1. The average molecular weight is 573 g/mol. The summed E-state index contributed by atoms with van der Waals surface area (Å²) >= 11 is 0. The fourth-order valence-corrected chi connectivity index (χ4v) is 6.17. The standard InChI is InChI=1S/C33H52N2O6/c1-6-7-8-12-16-25(19-23-14-10-9-11-15-23)29(36)35-26-18-13-17-24(20-26)27(31(38)39)21-34-30(37)28-32(2,3)22-40-33(4,5)41-28/h9-11,14-15,24-28H,6-8,12-13,16-22H2,1-5H3,(H,34,37)(H,35,36)(H,38,39). The minimum Gasteiger partial charge on any atom is -0.481 e. The van der Waals surface area contributed by atoms with Crippen LogP contribution >= 0.6 is 0 Å². The third kappa shape index (κ3) is 10.1. The number of carboxylic acid groups (broad SMARTS) is 1. The van der Waals surface area contributed by atoms with Crippen molar-refractivity contribution < 1.29 is 29.0 Å². The largest absolute Gasteiger partial charge is 0.481 e. The lowest BCUT2D eigenvalue weighted by atomic mass is 9.77. The van der Waals surface area contributed by atoms with E-state index in [0.29, 0.717) is 19.4 Å². The molecule has 0 aromatic heterocycles. The first-order valence-electron chi connectivity index (χ1n) is 15.6. The molecular formula is C33H52N2O6. The Morgan fingerprint density at radius 3 is 2.46 bits per heavy atom. The third-order valence-corrected chi connectivity index (χ3v) is 8.69. The molecule has 1 heterocycles. The van der Waals surface area contributed by atoms with Crippen molar-refractivity contribution >= 4 is 17.8 Å². The molecule has 1 aromatic carbocycles. The first kappa shape index (κ1) is 33.1. The molecule has 1 aliphatic heterocycles. The first-order valence-corrected chi connectivity index (χ1v) is 15.6. The molecule has 1 saturated heterocycles. The van der Waals surface area contributed by atoms with Gasteiger partial charge in [0, 0.05) is 23.9 Å². The monoisotopic (exact) mass is 572 g/mol. The topological polar surface area (TPSA) is 114 Å². The van der Waals surface area contributed by atoms with Gasteiger partial charge >= 0.3 is 5.97 Å². The Bertz CT molecular complexity index is 995. The fourth-order valence-electron chi connectivity index (χ4n) is 6.17. The minimum absolute atomic E-state index is 0.0325. The Kier molecular flexibility index (Phi) is 12.2. The van der Waals surface area contributed by atoms with Crippen molar-refractivity contribution in [3.05, 3.63) is 35.9 Å². The predicted molar refractivity (Wildman–Crippen MR) is 159 cm³/mol. The molecular weight excluding hydrogens is 520 g/mol. The summed E-state index contributed by atoms with van der Waals surface area (Å²) in [5, 5.41) is 16.3. The van der Waals surface area contributed by atoms with Crippen LogP contribution in [0.4, 0.5) is 0 Å². The van der Waals surface area contributed by atoms with Gasteiger partial charge in [0.1, 0.15) is 6.10 Å². The summed E-state index contributed by atoms with van der Waals surface area (Å²) in [6.07, 6.45) is 8.34. The molecule has 3 rings (SSSR count). The lowest BCUT2D eigenvalue weighted by molar-refractivity contribution is -0.304. The molecule has 1 aromatic rings. The van der Waals surface area contributed by atoms with E-state index in [1.165, 1.54) is 6.42 Å². The van der Waals surface area contributed by atoms with Gasteiger partial charge in [-0.05, 0) is 57.4 Å². The highest BCUT2D eigenvalue weighted by Crippen LogP contribution is 2.35. The molecule has 5 unspecified atom stereocenters. The Labute approximate surface area is 246 Å². The zero-order chi connectivity index (χ0) is 30.0. The number of unbranched alkanes of at least 4 members (excludes halogenated alkanes) is 3. The van der Waals surface area contributed by atoms with Gasteiger partial charge in [0.15, 0.2) is 5.79 Å². The third-order valence-electron chi connectivity index (χ3n) is 8.69. The van der Waals surface area contributed by atoms with E-state index in [2.05, 4.69) is 29.7 Å². The van der Waals surface area contributed by atoms with Crippen LogP contribution in [-0.4, -0.2) is 54.0 Å². The summed E-state index contributed by atoms with van der Waals surface area (Å²) in [5.41, 5.74) is 0.622. The molecule has 1 saturated carbocycles. The maximum absolute atomic E-state index is 13.5. The molecule has 41 heavy (non-hydrogen) atoms. The van der Waals surface area contributed by atoms with E-state index in [4.69, 9.17) is 9.47 Å². The zero-order valence-electron chi connectivity index (χ0n) is 25.7. The van der Waals surface area contributed by atoms with Crippen molar-refractivity contribution in [2.75, 3.05) is 13.2 Å². The molecule has 3 N–H and O–H groups in total. The van der Waals surface area contributed by atoms with Gasteiger partial charge in [0.25, 0.3) is 0 Å². The van der Waals surface area contributed by atoms with Gasteiger partial charge < -0.3 is 25.2 Å². The molecule has 8 nitrogen and oxygen atoms in total. The summed E-state index contributed by atoms with van der Waals surface area (Å²) in [6.45, 7) is 9.95. The number of rotatable bonds is 14. The fraction of sp³-hybridized carbons (Fsp3) is 0.727. The van der Waals surface area contributed by atoms with Gasteiger partial charge in [-0.15, -0.1) is 0 Å². The number of ether oxygens (including phenoxy) is 2. The molecule has 0 radical (unpaired) electrons. The lowest BCUT2D eigenvalue weighted by Gasteiger charge is -2.45. The van der Waals surface area contributed by atoms with Crippen LogP contribution in [0, 0.1) is 23.2 Å². The Balaban J connectivity index is 1.60. The second-order valence-electron chi connectivity index (χ2n) is 13.2. The van der Waals surface area contributed by atoms with Crippen LogP contribution in [0.5, 0.6) is 0 Å². The zero-order valence-corrected chi connectivity index (χ0v) is 25.7. The number of hydrogen-bond donors (Lipinski definition) is 3. The summed E-state index contributed by atoms with van der Waals surface area (Å²) in [7, 11) is 0. The highest BCUT2D eigenvalue weighted by atomic mass is 16.7. The molecule has 2 aliphatic rings. The number of benzene rings is 1. The van der Waals surface area contributed by atoms with Gasteiger partial charge in [0.2, 0.25) is 11.8 Å². The van der Waals surface area contributed by atoms with Crippen LogP contribution in [0.1, 0.15) is 98.0 Å². The average Bonchev–Trinajstić information content (AvgIpc) is 2.92. The second kappa shape index (κ2) is 15.1. The molecule has 8 heteroatoms. The maximum atomic E-state index is 13.5. The van der Waals surface area contributed by atoms with E-state index in [1.54, 1.807) is 13.8 Å². The van der Waals surface area contributed by atoms with E-state index in [9.17, 15) is 19.5 Å². The van der Waals surface area contributed by atoms with Gasteiger partial charge in [-0.1, -0.05) is 83.2 Å².